The lowest BCUT2D eigenvalue weighted by molar-refractivity contribution is -0.117. The fourth-order valence-corrected chi connectivity index (χ4v) is 1.88. The maximum atomic E-state index is 12.1. The SMILES string of the molecule is CC(NC(=O)/C(C#N)=C/c1cccnc1)c1ccccc1. The second-order valence-electron chi connectivity index (χ2n) is 4.56. The smallest absolute Gasteiger partial charge is 0.262 e. The average molecular weight is 277 g/mol. The third kappa shape index (κ3) is 4.02. The van der Waals surface area contributed by atoms with Crippen LogP contribution in [0.2, 0.25) is 0 Å². The van der Waals surface area contributed by atoms with Crippen LogP contribution < -0.4 is 5.32 Å². The molecule has 0 fully saturated rings. The van der Waals surface area contributed by atoms with Gasteiger partial charge in [-0.1, -0.05) is 36.4 Å². The molecule has 4 heteroatoms. The average Bonchev–Trinajstić information content (AvgIpc) is 2.54. The molecular formula is C17H15N3O. The van der Waals surface area contributed by atoms with Crippen LogP contribution in [-0.2, 0) is 4.79 Å². The molecule has 2 rings (SSSR count). The summed E-state index contributed by atoms with van der Waals surface area (Å²) in [5.74, 6) is -0.391. The summed E-state index contributed by atoms with van der Waals surface area (Å²) >= 11 is 0. The zero-order valence-electron chi connectivity index (χ0n) is 11.7. The van der Waals surface area contributed by atoms with Gasteiger partial charge in [-0.3, -0.25) is 9.78 Å². The van der Waals surface area contributed by atoms with Crippen molar-refractivity contribution in [2.45, 2.75) is 13.0 Å². The minimum absolute atomic E-state index is 0.0609. The highest BCUT2D eigenvalue weighted by Crippen LogP contribution is 2.12. The maximum absolute atomic E-state index is 12.1. The first-order valence-electron chi connectivity index (χ1n) is 6.58. The van der Waals surface area contributed by atoms with Crippen molar-refractivity contribution >= 4 is 12.0 Å². The number of carbonyl (C=O) groups is 1. The largest absolute Gasteiger partial charge is 0.345 e. The number of hydrogen-bond donors (Lipinski definition) is 1. The molecule has 1 N–H and O–H groups in total. The number of nitrogens with one attached hydrogen (secondary N) is 1. The molecule has 4 nitrogen and oxygen atoms in total. The summed E-state index contributed by atoms with van der Waals surface area (Å²) in [6, 6.07) is 14.9. The number of hydrogen-bond acceptors (Lipinski definition) is 3. The van der Waals surface area contributed by atoms with E-state index in [1.54, 1.807) is 24.5 Å². The summed E-state index contributed by atoms with van der Waals surface area (Å²) in [6.07, 6.45) is 4.77. The van der Waals surface area contributed by atoms with Crippen molar-refractivity contribution in [1.29, 1.82) is 5.26 Å². The van der Waals surface area contributed by atoms with Gasteiger partial charge in [0, 0.05) is 12.4 Å². The van der Waals surface area contributed by atoms with Crippen molar-refractivity contribution in [2.24, 2.45) is 0 Å². The van der Waals surface area contributed by atoms with E-state index in [1.165, 1.54) is 6.08 Å². The standard InChI is InChI=1S/C17H15N3O/c1-13(15-7-3-2-4-8-15)20-17(21)16(11-18)10-14-6-5-9-19-12-14/h2-10,12-13H,1H3,(H,20,21)/b16-10+. The Morgan fingerprint density at radius 1 is 1.29 bits per heavy atom. The zero-order chi connectivity index (χ0) is 15.1. The number of aromatic nitrogens is 1. The fraction of sp³-hybridized carbons (Fsp3) is 0.118. The van der Waals surface area contributed by atoms with Crippen LogP contribution in [0.1, 0.15) is 24.1 Å². The second-order valence-corrected chi connectivity index (χ2v) is 4.56. The van der Waals surface area contributed by atoms with E-state index in [-0.39, 0.29) is 11.6 Å². The molecule has 1 heterocycles. The summed E-state index contributed by atoms with van der Waals surface area (Å²) in [5, 5.41) is 12.0. The fourth-order valence-electron chi connectivity index (χ4n) is 1.88. The lowest BCUT2D eigenvalue weighted by Crippen LogP contribution is -2.27. The maximum Gasteiger partial charge on any atom is 0.262 e. The normalized spacial score (nSPS) is 12.3. The van der Waals surface area contributed by atoms with Crippen LogP contribution in [0.25, 0.3) is 6.08 Å². The van der Waals surface area contributed by atoms with Crippen LogP contribution in [0.3, 0.4) is 0 Å². The van der Waals surface area contributed by atoms with E-state index >= 15 is 0 Å². The monoisotopic (exact) mass is 277 g/mol. The Kier molecular flexibility index (Phi) is 4.84. The molecule has 0 bridgehead atoms. The number of amides is 1. The van der Waals surface area contributed by atoms with E-state index in [1.807, 2.05) is 43.3 Å². The molecule has 1 amide bonds. The first-order valence-corrected chi connectivity index (χ1v) is 6.58. The summed E-state index contributed by atoms with van der Waals surface area (Å²) in [6.45, 7) is 1.88. The highest BCUT2D eigenvalue weighted by atomic mass is 16.1. The van der Waals surface area contributed by atoms with Gasteiger partial charge in [0.1, 0.15) is 11.6 Å². The van der Waals surface area contributed by atoms with E-state index < -0.39 is 5.91 Å². The van der Waals surface area contributed by atoms with Crippen LogP contribution in [0.15, 0.2) is 60.4 Å². The summed E-state index contributed by atoms with van der Waals surface area (Å²) < 4.78 is 0. The first kappa shape index (κ1) is 14.5. The quantitative estimate of drug-likeness (QED) is 0.690. The topological polar surface area (TPSA) is 65.8 Å². The molecular weight excluding hydrogens is 262 g/mol. The molecule has 0 saturated heterocycles. The summed E-state index contributed by atoms with van der Waals surface area (Å²) in [5.41, 5.74) is 1.77. The highest BCUT2D eigenvalue weighted by molar-refractivity contribution is 6.01. The van der Waals surface area contributed by atoms with Crippen molar-refractivity contribution in [2.75, 3.05) is 0 Å². The molecule has 0 aliphatic carbocycles. The Bertz CT molecular complexity index is 672. The first-order chi connectivity index (χ1) is 10.2. The van der Waals surface area contributed by atoms with Crippen LogP contribution in [0.4, 0.5) is 0 Å². The molecule has 0 saturated carbocycles. The Morgan fingerprint density at radius 3 is 2.67 bits per heavy atom. The van der Waals surface area contributed by atoms with Gasteiger partial charge in [-0.25, -0.2) is 0 Å². The van der Waals surface area contributed by atoms with E-state index in [0.29, 0.717) is 0 Å². The lowest BCUT2D eigenvalue weighted by Gasteiger charge is -2.13. The van der Waals surface area contributed by atoms with Gasteiger partial charge in [-0.05, 0) is 30.2 Å². The Labute approximate surface area is 123 Å². The van der Waals surface area contributed by atoms with E-state index in [2.05, 4.69) is 10.3 Å². The van der Waals surface area contributed by atoms with Crippen molar-refractivity contribution < 1.29 is 4.79 Å². The van der Waals surface area contributed by atoms with Crippen LogP contribution in [0.5, 0.6) is 0 Å². The zero-order valence-corrected chi connectivity index (χ0v) is 11.7. The molecule has 1 unspecified atom stereocenters. The van der Waals surface area contributed by atoms with Crippen LogP contribution in [-0.4, -0.2) is 10.9 Å². The van der Waals surface area contributed by atoms with Crippen molar-refractivity contribution in [3.63, 3.8) is 0 Å². The molecule has 0 aliphatic heterocycles. The molecule has 1 atom stereocenters. The Hall–Kier alpha value is -2.93. The number of rotatable bonds is 4. The van der Waals surface area contributed by atoms with Crippen molar-refractivity contribution in [3.8, 4) is 6.07 Å². The third-order valence-electron chi connectivity index (χ3n) is 3.01. The Morgan fingerprint density at radius 2 is 2.05 bits per heavy atom. The number of pyridine rings is 1. The van der Waals surface area contributed by atoms with Crippen LogP contribution >= 0.6 is 0 Å². The summed E-state index contributed by atoms with van der Waals surface area (Å²) in [7, 11) is 0. The third-order valence-corrected chi connectivity index (χ3v) is 3.01. The highest BCUT2D eigenvalue weighted by Gasteiger charge is 2.13. The molecule has 104 valence electrons. The van der Waals surface area contributed by atoms with Gasteiger partial charge >= 0.3 is 0 Å². The molecule has 1 aromatic heterocycles. The van der Waals surface area contributed by atoms with Gasteiger partial charge in [-0.2, -0.15) is 5.26 Å². The Balaban J connectivity index is 2.11. The van der Waals surface area contributed by atoms with Gasteiger partial charge < -0.3 is 5.32 Å². The van der Waals surface area contributed by atoms with Gasteiger partial charge in [0.05, 0.1) is 6.04 Å². The van der Waals surface area contributed by atoms with E-state index in [9.17, 15) is 4.79 Å². The van der Waals surface area contributed by atoms with Gasteiger partial charge in [-0.15, -0.1) is 0 Å². The molecule has 0 radical (unpaired) electrons. The predicted molar refractivity (Wildman–Crippen MR) is 80.8 cm³/mol. The van der Waals surface area contributed by atoms with E-state index in [0.717, 1.165) is 11.1 Å². The van der Waals surface area contributed by atoms with Crippen molar-refractivity contribution in [3.05, 3.63) is 71.6 Å². The van der Waals surface area contributed by atoms with Crippen LogP contribution in [0, 0.1) is 11.3 Å². The lowest BCUT2D eigenvalue weighted by atomic mass is 10.1. The molecule has 21 heavy (non-hydrogen) atoms. The van der Waals surface area contributed by atoms with Gasteiger partial charge in [0.25, 0.3) is 5.91 Å². The second kappa shape index (κ2) is 7.01. The van der Waals surface area contributed by atoms with Crippen molar-refractivity contribution in [1.82, 2.24) is 10.3 Å². The van der Waals surface area contributed by atoms with Gasteiger partial charge in [0.15, 0.2) is 0 Å². The minimum atomic E-state index is -0.391. The number of nitriles is 1. The molecule has 1 aromatic carbocycles. The molecule has 0 spiro atoms. The number of benzene rings is 1. The predicted octanol–water partition coefficient (Wildman–Crippen LogP) is 2.87. The number of nitrogens with zero attached hydrogens (tertiary/aromatic N) is 2. The molecule has 2 aromatic rings. The van der Waals surface area contributed by atoms with E-state index in [4.69, 9.17) is 5.26 Å². The minimum Gasteiger partial charge on any atom is -0.345 e. The molecule has 0 aliphatic rings. The van der Waals surface area contributed by atoms with Gasteiger partial charge in [0.2, 0.25) is 0 Å². The summed E-state index contributed by atoms with van der Waals surface area (Å²) in [4.78, 5) is 16.1. The number of carbonyl (C=O) groups excluding carboxylic acids is 1.